The summed E-state index contributed by atoms with van der Waals surface area (Å²) in [7, 11) is 2.05. The van der Waals surface area contributed by atoms with Crippen molar-refractivity contribution >= 4 is 34.4 Å². The second-order valence-electron chi connectivity index (χ2n) is 7.12. The first kappa shape index (κ1) is 20.0. The van der Waals surface area contributed by atoms with Crippen LogP contribution in [0, 0.1) is 0 Å². The molecule has 30 heavy (non-hydrogen) atoms. The topological polar surface area (TPSA) is 59.0 Å². The van der Waals surface area contributed by atoms with E-state index in [4.69, 9.17) is 0 Å². The Hall–Kier alpha value is -3.25. The summed E-state index contributed by atoms with van der Waals surface area (Å²) >= 11 is 1.65. The minimum atomic E-state index is -0.220. The molecule has 0 spiro atoms. The maximum Gasteiger partial charge on any atom is 0.319 e. The summed E-state index contributed by atoms with van der Waals surface area (Å²) in [4.78, 5) is 18.0. The van der Waals surface area contributed by atoms with Crippen molar-refractivity contribution in [2.24, 2.45) is 7.05 Å². The number of thioether (sulfide) groups is 1. The van der Waals surface area contributed by atoms with E-state index in [9.17, 15) is 4.79 Å². The lowest BCUT2D eigenvalue weighted by Gasteiger charge is -2.18. The Morgan fingerprint density at radius 3 is 2.80 bits per heavy atom. The second-order valence-corrected chi connectivity index (χ2v) is 8.00. The third-order valence-electron chi connectivity index (χ3n) is 5.18. The molecule has 1 unspecified atom stereocenters. The van der Waals surface area contributed by atoms with Gasteiger partial charge in [-0.15, -0.1) is 11.8 Å². The van der Waals surface area contributed by atoms with Gasteiger partial charge in [0.1, 0.15) is 0 Å². The summed E-state index contributed by atoms with van der Waals surface area (Å²) in [6.45, 7) is 0.466. The van der Waals surface area contributed by atoms with Gasteiger partial charge in [-0.2, -0.15) is 0 Å². The second kappa shape index (κ2) is 9.05. The van der Waals surface area contributed by atoms with Gasteiger partial charge in [0.05, 0.1) is 0 Å². The van der Waals surface area contributed by atoms with Gasteiger partial charge < -0.3 is 15.2 Å². The SMILES string of the molecule is CSc1cccc(NC(=O)NCC(c2cccnc2)c2cn(C)c3ccccc23)c1. The first-order chi connectivity index (χ1) is 14.7. The first-order valence-corrected chi connectivity index (χ1v) is 11.0. The average molecular weight is 417 g/mol. The Morgan fingerprint density at radius 2 is 2.00 bits per heavy atom. The predicted molar refractivity (Wildman–Crippen MR) is 124 cm³/mol. The molecule has 6 heteroatoms. The number of fused-ring (bicyclic) bond motifs is 1. The minimum absolute atomic E-state index is 0.00641. The van der Waals surface area contributed by atoms with E-state index in [1.807, 2.05) is 62.0 Å². The maximum atomic E-state index is 12.6. The van der Waals surface area contributed by atoms with Crippen LogP contribution >= 0.6 is 11.8 Å². The van der Waals surface area contributed by atoms with Crippen LogP contribution in [0.2, 0.25) is 0 Å². The monoisotopic (exact) mass is 416 g/mol. The predicted octanol–water partition coefficient (Wildman–Crippen LogP) is 5.25. The van der Waals surface area contributed by atoms with Gasteiger partial charge in [-0.05, 0) is 47.7 Å². The Bertz CT molecular complexity index is 1160. The number of carbonyl (C=O) groups excluding carboxylic acids is 1. The Labute approximate surface area is 180 Å². The number of benzene rings is 2. The fraction of sp³-hybridized carbons (Fsp3) is 0.167. The van der Waals surface area contributed by atoms with Crippen LogP contribution in [0.15, 0.2) is 84.1 Å². The number of anilines is 1. The van der Waals surface area contributed by atoms with Crippen molar-refractivity contribution in [3.8, 4) is 0 Å². The lowest BCUT2D eigenvalue weighted by molar-refractivity contribution is 0.252. The molecule has 0 aliphatic heterocycles. The van der Waals surface area contributed by atoms with E-state index in [2.05, 4.69) is 44.6 Å². The van der Waals surface area contributed by atoms with Gasteiger partial charge in [0, 0.05) is 59.6 Å². The molecule has 4 rings (SSSR count). The molecule has 0 radical (unpaired) electrons. The van der Waals surface area contributed by atoms with E-state index in [1.54, 1.807) is 18.0 Å². The van der Waals surface area contributed by atoms with Crippen molar-refractivity contribution < 1.29 is 4.79 Å². The molecule has 5 nitrogen and oxygen atoms in total. The molecule has 2 amide bonds. The van der Waals surface area contributed by atoms with Crippen LogP contribution in [-0.2, 0) is 7.05 Å². The summed E-state index contributed by atoms with van der Waals surface area (Å²) in [6, 6.07) is 19.9. The molecule has 0 fully saturated rings. The number of nitrogens with zero attached hydrogens (tertiary/aromatic N) is 2. The number of aryl methyl sites for hydroxylation is 1. The van der Waals surface area contributed by atoms with E-state index in [1.165, 1.54) is 16.5 Å². The van der Waals surface area contributed by atoms with Crippen LogP contribution in [0.1, 0.15) is 17.0 Å². The molecule has 0 aliphatic rings. The highest BCUT2D eigenvalue weighted by atomic mass is 32.2. The van der Waals surface area contributed by atoms with Crippen molar-refractivity contribution in [3.05, 3.63) is 90.4 Å². The standard InChI is InChI=1S/C24H24N4OS/c1-28-16-22(20-10-3-4-11-23(20)28)21(17-7-6-12-25-14-17)15-26-24(29)27-18-8-5-9-19(13-18)30-2/h3-14,16,21H,15H2,1-2H3,(H2,26,27,29). The zero-order chi connectivity index (χ0) is 20.9. The van der Waals surface area contributed by atoms with Crippen molar-refractivity contribution in [2.45, 2.75) is 10.8 Å². The van der Waals surface area contributed by atoms with Gasteiger partial charge in [0.25, 0.3) is 0 Å². The normalized spacial score (nSPS) is 11.9. The maximum absolute atomic E-state index is 12.6. The molecule has 0 saturated carbocycles. The minimum Gasteiger partial charge on any atom is -0.350 e. The number of hydrogen-bond acceptors (Lipinski definition) is 3. The quantitative estimate of drug-likeness (QED) is 0.422. The number of carbonyl (C=O) groups is 1. The summed E-state index contributed by atoms with van der Waals surface area (Å²) in [5, 5.41) is 7.16. The Balaban J connectivity index is 1.57. The van der Waals surface area contributed by atoms with Gasteiger partial charge >= 0.3 is 6.03 Å². The molecule has 2 aromatic heterocycles. The molecule has 2 aromatic carbocycles. The summed E-state index contributed by atoms with van der Waals surface area (Å²) in [6.07, 6.45) is 7.79. The lowest BCUT2D eigenvalue weighted by Crippen LogP contribution is -2.32. The molecule has 0 saturated heterocycles. The molecule has 0 bridgehead atoms. The number of hydrogen-bond donors (Lipinski definition) is 2. The highest BCUT2D eigenvalue weighted by Gasteiger charge is 2.20. The fourth-order valence-electron chi connectivity index (χ4n) is 3.71. The van der Waals surface area contributed by atoms with Crippen LogP contribution in [0.5, 0.6) is 0 Å². The average Bonchev–Trinajstić information content (AvgIpc) is 3.11. The number of aromatic nitrogens is 2. The first-order valence-electron chi connectivity index (χ1n) is 9.78. The number of para-hydroxylation sites is 1. The van der Waals surface area contributed by atoms with Gasteiger partial charge in [-0.25, -0.2) is 4.79 Å². The number of nitrogens with one attached hydrogen (secondary N) is 2. The number of urea groups is 1. The molecule has 1 atom stereocenters. The molecule has 4 aromatic rings. The summed E-state index contributed by atoms with van der Waals surface area (Å²) in [5.74, 6) is -0.00641. The van der Waals surface area contributed by atoms with Crippen molar-refractivity contribution in [2.75, 3.05) is 18.1 Å². The molecule has 2 N–H and O–H groups in total. The van der Waals surface area contributed by atoms with E-state index in [0.29, 0.717) is 6.54 Å². The molecule has 2 heterocycles. The third kappa shape index (κ3) is 4.33. The van der Waals surface area contributed by atoms with Gasteiger partial charge in [-0.1, -0.05) is 30.3 Å². The molecular weight excluding hydrogens is 392 g/mol. The van der Waals surface area contributed by atoms with Gasteiger partial charge in [0.2, 0.25) is 0 Å². The summed E-state index contributed by atoms with van der Waals surface area (Å²) in [5.41, 5.74) is 4.19. The molecular formula is C24H24N4OS. The molecule has 0 aliphatic carbocycles. The van der Waals surface area contributed by atoms with Crippen LogP contribution < -0.4 is 10.6 Å². The van der Waals surface area contributed by atoms with Crippen LogP contribution in [-0.4, -0.2) is 28.4 Å². The van der Waals surface area contributed by atoms with E-state index >= 15 is 0 Å². The Morgan fingerprint density at radius 1 is 1.13 bits per heavy atom. The Kier molecular flexibility index (Phi) is 6.05. The highest BCUT2D eigenvalue weighted by molar-refractivity contribution is 7.98. The zero-order valence-electron chi connectivity index (χ0n) is 17.0. The van der Waals surface area contributed by atoms with Gasteiger partial charge in [-0.3, -0.25) is 4.98 Å². The number of amides is 2. The van der Waals surface area contributed by atoms with Crippen LogP contribution in [0.4, 0.5) is 10.5 Å². The number of pyridine rings is 1. The smallest absolute Gasteiger partial charge is 0.319 e. The van der Waals surface area contributed by atoms with Crippen molar-refractivity contribution in [1.82, 2.24) is 14.9 Å². The van der Waals surface area contributed by atoms with Gasteiger partial charge in [0.15, 0.2) is 0 Å². The van der Waals surface area contributed by atoms with E-state index < -0.39 is 0 Å². The molecule has 152 valence electrons. The van der Waals surface area contributed by atoms with Crippen molar-refractivity contribution in [1.29, 1.82) is 0 Å². The lowest BCUT2D eigenvalue weighted by atomic mass is 9.92. The van der Waals surface area contributed by atoms with E-state index in [-0.39, 0.29) is 11.9 Å². The van der Waals surface area contributed by atoms with Crippen LogP contribution in [0.25, 0.3) is 10.9 Å². The highest BCUT2D eigenvalue weighted by Crippen LogP contribution is 2.31. The summed E-state index contributed by atoms with van der Waals surface area (Å²) < 4.78 is 2.13. The van der Waals surface area contributed by atoms with Crippen molar-refractivity contribution in [3.63, 3.8) is 0 Å². The fourth-order valence-corrected chi connectivity index (χ4v) is 4.17. The van der Waals surface area contributed by atoms with Crippen LogP contribution in [0.3, 0.4) is 0 Å². The third-order valence-corrected chi connectivity index (χ3v) is 5.91. The zero-order valence-corrected chi connectivity index (χ0v) is 17.8. The van der Waals surface area contributed by atoms with E-state index in [0.717, 1.165) is 16.1 Å². The number of rotatable bonds is 6. The largest absolute Gasteiger partial charge is 0.350 e.